The van der Waals surface area contributed by atoms with Crippen LogP contribution in [0, 0.1) is 0 Å². The Hall–Kier alpha value is -4.34. The Morgan fingerprint density at radius 3 is 1.77 bits per heavy atom. The molecule has 1 aliphatic rings. The van der Waals surface area contributed by atoms with Gasteiger partial charge in [0.25, 0.3) is 5.82 Å². The summed E-state index contributed by atoms with van der Waals surface area (Å²) in [6.45, 7) is 42.3. The molecule has 0 saturated carbocycles. The molecule has 3 heteroatoms. The number of allylic oxidation sites excluding steroid dienone is 7. The topological polar surface area (TPSA) is 7.12 Å². The van der Waals surface area contributed by atoms with E-state index in [-0.39, 0.29) is 26.9 Å². The normalized spacial score (nSPS) is 16.7. The Balaban J connectivity index is 0.00000249. The van der Waals surface area contributed by atoms with E-state index in [1.807, 2.05) is 39.8 Å². The summed E-state index contributed by atoms with van der Waals surface area (Å²) in [4.78, 5) is 2.36. The number of likely N-dealkylation sites (N-methyl/N-ethyl adjacent to an activating group) is 1. The van der Waals surface area contributed by atoms with Crippen LogP contribution in [0.5, 0.6) is 0 Å². The molecule has 2 nitrogen and oxygen atoms in total. The molecule has 3 aromatic carbocycles. The molecule has 62 heavy (non-hydrogen) atoms. The minimum absolute atomic E-state index is 0.0148. The van der Waals surface area contributed by atoms with Gasteiger partial charge in [-0.05, 0) is 103 Å². The fourth-order valence-corrected chi connectivity index (χ4v) is 8.63. The SMILES string of the molecule is C=C\C=C/C=C1/C(N(C)c2cccc(-c3ccccc3-c3cc(C(C)(C)C)cc(C(C)(C)C)c3CC)[n+]2C)=C/C=C\C(S)Cc2c1cc(C(C)(C)C)cc2C(C)(C)C.CC.CC. The molecule has 0 fully saturated rings. The molecule has 1 heterocycles. The summed E-state index contributed by atoms with van der Waals surface area (Å²) in [6, 6.07) is 25.6. The Kier molecular flexibility index (Phi) is 17.9. The largest absolute Gasteiger partial charge is 0.281 e. The second-order valence-corrected chi connectivity index (χ2v) is 21.0. The van der Waals surface area contributed by atoms with Crippen LogP contribution in [0.4, 0.5) is 5.82 Å². The van der Waals surface area contributed by atoms with E-state index in [1.54, 1.807) is 0 Å². The molecular weight excluding hydrogens is 769 g/mol. The molecule has 1 aliphatic carbocycles. The molecule has 5 rings (SSSR count). The maximum atomic E-state index is 5.13. The number of thiol groups is 1. The van der Waals surface area contributed by atoms with Crippen LogP contribution in [0.3, 0.4) is 0 Å². The predicted octanol–water partition coefficient (Wildman–Crippen LogP) is 16.2. The zero-order valence-electron chi connectivity index (χ0n) is 42.4. The van der Waals surface area contributed by atoms with Crippen molar-refractivity contribution in [1.82, 2.24) is 0 Å². The molecule has 0 N–H and O–H groups in total. The van der Waals surface area contributed by atoms with Crippen molar-refractivity contribution in [2.45, 2.75) is 157 Å². The molecule has 0 saturated heterocycles. The minimum atomic E-state index is -0.0553. The average molecular weight is 852 g/mol. The molecular formula is C59H83N2S+. The number of hydrogen-bond acceptors (Lipinski definition) is 2. The van der Waals surface area contributed by atoms with Crippen LogP contribution >= 0.6 is 12.6 Å². The van der Waals surface area contributed by atoms with E-state index >= 15 is 0 Å². The van der Waals surface area contributed by atoms with Gasteiger partial charge in [-0.2, -0.15) is 12.6 Å². The number of rotatable bonds is 7. The fraction of sp³-hybridized carbons (Fsp3) is 0.441. The molecule has 0 bridgehead atoms. The maximum Gasteiger partial charge on any atom is 0.281 e. The van der Waals surface area contributed by atoms with Gasteiger partial charge in [-0.3, -0.25) is 0 Å². The number of hydrogen-bond donors (Lipinski definition) is 1. The van der Waals surface area contributed by atoms with Crippen molar-refractivity contribution < 1.29 is 4.57 Å². The van der Waals surface area contributed by atoms with Crippen molar-refractivity contribution in [2.75, 3.05) is 11.9 Å². The van der Waals surface area contributed by atoms with Crippen LogP contribution in [0.2, 0.25) is 0 Å². The van der Waals surface area contributed by atoms with Crippen LogP contribution in [0.1, 0.15) is 157 Å². The molecule has 334 valence electrons. The van der Waals surface area contributed by atoms with Crippen molar-refractivity contribution in [3.63, 3.8) is 0 Å². The van der Waals surface area contributed by atoms with Gasteiger partial charge in [0.15, 0.2) is 0 Å². The Labute approximate surface area is 386 Å². The first-order chi connectivity index (χ1) is 29.0. The van der Waals surface area contributed by atoms with E-state index in [9.17, 15) is 0 Å². The zero-order chi connectivity index (χ0) is 47.0. The third-order valence-corrected chi connectivity index (χ3v) is 12.0. The zero-order valence-corrected chi connectivity index (χ0v) is 43.3. The fourth-order valence-electron chi connectivity index (χ4n) is 8.35. The number of benzene rings is 3. The Morgan fingerprint density at radius 1 is 0.694 bits per heavy atom. The van der Waals surface area contributed by atoms with Gasteiger partial charge in [0, 0.05) is 22.5 Å². The lowest BCUT2D eigenvalue weighted by Gasteiger charge is -2.31. The van der Waals surface area contributed by atoms with Gasteiger partial charge < -0.3 is 0 Å². The first kappa shape index (κ1) is 52.0. The number of pyridine rings is 1. The van der Waals surface area contributed by atoms with E-state index in [2.05, 4.69) is 217 Å². The van der Waals surface area contributed by atoms with Crippen molar-refractivity contribution in [3.05, 3.63) is 160 Å². The molecule has 0 aliphatic heterocycles. The van der Waals surface area contributed by atoms with E-state index in [0.29, 0.717) is 0 Å². The van der Waals surface area contributed by atoms with Gasteiger partial charge in [0.05, 0.1) is 14.1 Å². The van der Waals surface area contributed by atoms with Crippen LogP contribution < -0.4 is 9.47 Å². The highest BCUT2D eigenvalue weighted by atomic mass is 32.1. The molecule has 0 spiro atoms. The van der Waals surface area contributed by atoms with E-state index in [0.717, 1.165) is 30.1 Å². The molecule has 1 atom stereocenters. The molecule has 0 radical (unpaired) electrons. The molecule has 4 aromatic rings. The predicted molar refractivity (Wildman–Crippen MR) is 281 cm³/mol. The first-order valence-electron chi connectivity index (χ1n) is 23.2. The Morgan fingerprint density at radius 2 is 1.24 bits per heavy atom. The molecule has 1 aromatic heterocycles. The van der Waals surface area contributed by atoms with E-state index < -0.39 is 0 Å². The van der Waals surface area contributed by atoms with Crippen LogP contribution in [-0.2, 0) is 41.5 Å². The lowest BCUT2D eigenvalue weighted by molar-refractivity contribution is -0.647. The number of aromatic nitrogens is 1. The summed E-state index contributed by atoms with van der Waals surface area (Å²) in [5.41, 5.74) is 16.8. The average Bonchev–Trinajstić information content (AvgIpc) is 3.27. The van der Waals surface area contributed by atoms with Crippen molar-refractivity contribution in [1.29, 1.82) is 0 Å². The van der Waals surface area contributed by atoms with E-state index in [4.69, 9.17) is 12.6 Å². The monoisotopic (exact) mass is 852 g/mol. The van der Waals surface area contributed by atoms with Crippen molar-refractivity contribution in [3.8, 4) is 22.4 Å². The summed E-state index contributed by atoms with van der Waals surface area (Å²) in [6.07, 6.45) is 16.8. The van der Waals surface area contributed by atoms with Crippen molar-refractivity contribution in [2.24, 2.45) is 7.05 Å². The van der Waals surface area contributed by atoms with Crippen LogP contribution in [-0.4, -0.2) is 12.3 Å². The second kappa shape index (κ2) is 21.4. The second-order valence-electron chi connectivity index (χ2n) is 20.3. The number of anilines is 1. The summed E-state index contributed by atoms with van der Waals surface area (Å²) < 4.78 is 2.37. The Bertz CT molecular complexity index is 2280. The first-order valence-corrected chi connectivity index (χ1v) is 23.8. The number of nitrogens with zero attached hydrogens (tertiary/aromatic N) is 2. The quantitative estimate of drug-likeness (QED) is 0.111. The third-order valence-electron chi connectivity index (χ3n) is 11.7. The summed E-state index contributed by atoms with van der Waals surface area (Å²) >= 11 is 5.13. The maximum absolute atomic E-state index is 5.13. The summed E-state index contributed by atoms with van der Waals surface area (Å²) in [5.74, 6) is 1.09. The van der Waals surface area contributed by atoms with Crippen LogP contribution in [0.25, 0.3) is 28.0 Å². The minimum Gasteiger partial charge on any atom is -0.229 e. The standard InChI is InChI=1S/C55H70N2S.2C2H6/c1-17-19-20-27-43-45-33-38(53(6,7)8)35-48(55(12,13)14)46(45)36-39(58)25-23-29-50(43)57(16)51-31-24-30-49(56(51)15)42-28-22-21-26-41(42)44-32-37(52(3,4)5)34-47(40(44)18-2)54(9,10)11;2*1-2/h17,19-35,39H,1,18,36H2,2-16H3;2*1-2H3/p+1/b20-19-,25-23-,43-27+,50-29-;;. The molecule has 0 amide bonds. The smallest absolute Gasteiger partial charge is 0.229 e. The van der Waals surface area contributed by atoms with Crippen molar-refractivity contribution >= 4 is 24.0 Å². The summed E-state index contributed by atoms with van der Waals surface area (Å²) in [5, 5.41) is 0.0748. The van der Waals surface area contributed by atoms with Gasteiger partial charge in [-0.15, -0.1) is 0 Å². The summed E-state index contributed by atoms with van der Waals surface area (Å²) in [7, 11) is 4.42. The van der Waals surface area contributed by atoms with Crippen LogP contribution in [0.15, 0.2) is 122 Å². The van der Waals surface area contributed by atoms with Gasteiger partial charge in [0.1, 0.15) is 11.4 Å². The highest BCUT2D eigenvalue weighted by Crippen LogP contribution is 2.43. The van der Waals surface area contributed by atoms with Gasteiger partial charge in [-0.25, -0.2) is 9.47 Å². The molecule has 1 unspecified atom stereocenters. The highest BCUT2D eigenvalue weighted by molar-refractivity contribution is 7.81. The third kappa shape index (κ3) is 12.0. The lowest BCUT2D eigenvalue weighted by Crippen LogP contribution is -2.39. The lowest BCUT2D eigenvalue weighted by atomic mass is 9.74. The highest BCUT2D eigenvalue weighted by Gasteiger charge is 2.32. The van der Waals surface area contributed by atoms with Gasteiger partial charge in [0.2, 0.25) is 0 Å². The van der Waals surface area contributed by atoms with Gasteiger partial charge >= 0.3 is 0 Å². The number of fused-ring (bicyclic) bond motifs is 1. The van der Waals surface area contributed by atoms with E-state index in [1.165, 1.54) is 61.2 Å². The van der Waals surface area contributed by atoms with Gasteiger partial charge in [-0.1, -0.05) is 209 Å².